The van der Waals surface area contributed by atoms with E-state index in [4.69, 9.17) is 14.5 Å². The molecule has 0 aromatic heterocycles. The molecule has 1 aliphatic heterocycles. The summed E-state index contributed by atoms with van der Waals surface area (Å²) in [6.07, 6.45) is 1.89. The van der Waals surface area contributed by atoms with E-state index < -0.39 is 0 Å². The Morgan fingerprint density at radius 1 is 1.11 bits per heavy atom. The third kappa shape index (κ3) is 6.05. The highest BCUT2D eigenvalue weighted by Gasteiger charge is 2.20. The van der Waals surface area contributed by atoms with Gasteiger partial charge in [-0.3, -0.25) is 9.79 Å². The maximum absolute atomic E-state index is 11.5. The summed E-state index contributed by atoms with van der Waals surface area (Å²) >= 11 is 0. The number of benzene rings is 1. The van der Waals surface area contributed by atoms with Crippen LogP contribution in [0.25, 0.3) is 0 Å². The molecule has 1 aliphatic rings. The Morgan fingerprint density at radius 3 is 2.37 bits per heavy atom. The number of carbonyl (C=O) groups excluding carboxylic acids is 1. The summed E-state index contributed by atoms with van der Waals surface area (Å²) < 4.78 is 10.6. The van der Waals surface area contributed by atoms with Crippen LogP contribution < -0.4 is 14.8 Å². The van der Waals surface area contributed by atoms with E-state index in [1.165, 1.54) is 5.56 Å². The standard InChI is InChI=1S/C20H32N4O3/c1-5-21-20(24-13-11-23(12-14-24)16(2)25)22-10-6-7-17-8-9-18(26-3)19(15-17)27-4/h8-9,15H,5-7,10-14H2,1-4H3,(H,21,22). The second kappa shape index (κ2) is 10.6. The van der Waals surface area contributed by atoms with Gasteiger partial charge < -0.3 is 24.6 Å². The molecule has 0 unspecified atom stereocenters. The van der Waals surface area contributed by atoms with Crippen molar-refractivity contribution in [3.8, 4) is 11.5 Å². The van der Waals surface area contributed by atoms with Crippen molar-refractivity contribution in [1.82, 2.24) is 15.1 Å². The number of guanidine groups is 1. The van der Waals surface area contributed by atoms with Crippen molar-refractivity contribution in [2.45, 2.75) is 26.7 Å². The highest BCUT2D eigenvalue weighted by molar-refractivity contribution is 5.80. The molecule has 1 heterocycles. The Morgan fingerprint density at radius 2 is 1.78 bits per heavy atom. The molecule has 0 spiro atoms. The summed E-state index contributed by atoms with van der Waals surface area (Å²) in [4.78, 5) is 20.4. The zero-order chi connectivity index (χ0) is 19.6. The lowest BCUT2D eigenvalue weighted by molar-refractivity contribution is -0.130. The molecule has 0 atom stereocenters. The fourth-order valence-corrected chi connectivity index (χ4v) is 3.16. The Balaban J connectivity index is 1.87. The summed E-state index contributed by atoms with van der Waals surface area (Å²) in [7, 11) is 3.30. The first-order valence-electron chi connectivity index (χ1n) is 9.58. The van der Waals surface area contributed by atoms with Crippen LogP contribution in [0.2, 0.25) is 0 Å². The van der Waals surface area contributed by atoms with Crippen molar-refractivity contribution in [2.24, 2.45) is 4.99 Å². The van der Waals surface area contributed by atoms with Crippen LogP contribution in [-0.4, -0.2) is 75.2 Å². The van der Waals surface area contributed by atoms with Crippen LogP contribution >= 0.6 is 0 Å². The third-order valence-electron chi connectivity index (χ3n) is 4.69. The Labute approximate surface area is 162 Å². The number of hydrogen-bond donors (Lipinski definition) is 1. The molecule has 2 rings (SSSR count). The molecular formula is C20H32N4O3. The quantitative estimate of drug-likeness (QED) is 0.446. The molecule has 1 saturated heterocycles. The van der Waals surface area contributed by atoms with Crippen molar-refractivity contribution in [1.29, 1.82) is 0 Å². The molecule has 0 radical (unpaired) electrons. The number of aliphatic imine (C=N–C) groups is 1. The summed E-state index contributed by atoms with van der Waals surface area (Å²) in [6.45, 7) is 8.44. The van der Waals surface area contributed by atoms with Crippen LogP contribution in [0.3, 0.4) is 0 Å². The zero-order valence-corrected chi connectivity index (χ0v) is 17.0. The average molecular weight is 377 g/mol. The number of rotatable bonds is 7. The molecule has 1 N–H and O–H groups in total. The van der Waals surface area contributed by atoms with E-state index >= 15 is 0 Å². The SMILES string of the molecule is CCNC(=NCCCc1ccc(OC)c(OC)c1)N1CCN(C(C)=O)CC1. The predicted octanol–water partition coefficient (Wildman–Crippen LogP) is 1.77. The molecule has 1 amide bonds. The van der Waals surface area contributed by atoms with Crippen LogP contribution in [0, 0.1) is 0 Å². The van der Waals surface area contributed by atoms with Crippen LogP contribution in [0.4, 0.5) is 0 Å². The fourth-order valence-electron chi connectivity index (χ4n) is 3.16. The lowest BCUT2D eigenvalue weighted by Gasteiger charge is -2.36. The molecule has 1 aromatic carbocycles. The van der Waals surface area contributed by atoms with E-state index in [2.05, 4.69) is 23.2 Å². The third-order valence-corrected chi connectivity index (χ3v) is 4.69. The molecule has 150 valence electrons. The van der Waals surface area contributed by atoms with Gasteiger partial charge in [0.25, 0.3) is 0 Å². The monoisotopic (exact) mass is 376 g/mol. The van der Waals surface area contributed by atoms with Crippen molar-refractivity contribution in [3.63, 3.8) is 0 Å². The topological polar surface area (TPSA) is 66.4 Å². The number of ether oxygens (including phenoxy) is 2. The maximum atomic E-state index is 11.5. The minimum Gasteiger partial charge on any atom is -0.493 e. The van der Waals surface area contributed by atoms with Gasteiger partial charge in [-0.15, -0.1) is 0 Å². The van der Waals surface area contributed by atoms with Gasteiger partial charge in [0.2, 0.25) is 5.91 Å². The van der Waals surface area contributed by atoms with Crippen LogP contribution in [0.15, 0.2) is 23.2 Å². The summed E-state index contributed by atoms with van der Waals surface area (Å²) in [6, 6.07) is 6.03. The van der Waals surface area contributed by atoms with Gasteiger partial charge in [-0.05, 0) is 37.5 Å². The van der Waals surface area contributed by atoms with E-state index in [0.29, 0.717) is 0 Å². The van der Waals surface area contributed by atoms with Crippen LogP contribution in [0.1, 0.15) is 25.8 Å². The van der Waals surface area contributed by atoms with Gasteiger partial charge in [0, 0.05) is 46.2 Å². The molecule has 0 aliphatic carbocycles. The number of amides is 1. The van der Waals surface area contributed by atoms with Gasteiger partial charge in [-0.2, -0.15) is 0 Å². The molecule has 0 saturated carbocycles. The van der Waals surface area contributed by atoms with Crippen LogP contribution in [-0.2, 0) is 11.2 Å². The highest BCUT2D eigenvalue weighted by atomic mass is 16.5. The first-order chi connectivity index (χ1) is 13.1. The zero-order valence-electron chi connectivity index (χ0n) is 17.0. The average Bonchev–Trinajstić information content (AvgIpc) is 2.70. The molecule has 7 heteroatoms. The summed E-state index contributed by atoms with van der Waals surface area (Å²) in [5.74, 6) is 2.59. The maximum Gasteiger partial charge on any atom is 0.219 e. The Kier molecular flexibility index (Phi) is 8.23. The fraction of sp³-hybridized carbons (Fsp3) is 0.600. The molecular weight excluding hydrogens is 344 g/mol. The molecule has 27 heavy (non-hydrogen) atoms. The van der Waals surface area contributed by atoms with Crippen LogP contribution in [0.5, 0.6) is 11.5 Å². The first-order valence-corrected chi connectivity index (χ1v) is 9.58. The Bertz CT molecular complexity index is 640. The van der Waals surface area contributed by atoms with Gasteiger partial charge in [0.1, 0.15) is 0 Å². The predicted molar refractivity (Wildman–Crippen MR) is 108 cm³/mol. The van der Waals surface area contributed by atoms with E-state index in [0.717, 1.165) is 69.6 Å². The number of aryl methyl sites for hydroxylation is 1. The normalized spacial score (nSPS) is 14.9. The second-order valence-corrected chi connectivity index (χ2v) is 6.52. The van der Waals surface area contributed by atoms with Crippen molar-refractivity contribution < 1.29 is 14.3 Å². The lowest BCUT2D eigenvalue weighted by atomic mass is 10.1. The minimum atomic E-state index is 0.145. The number of nitrogens with one attached hydrogen (secondary N) is 1. The molecule has 7 nitrogen and oxygen atoms in total. The lowest BCUT2D eigenvalue weighted by Crippen LogP contribution is -2.53. The summed E-state index contributed by atoms with van der Waals surface area (Å²) in [5, 5.41) is 3.36. The molecule has 1 fully saturated rings. The van der Waals surface area contributed by atoms with E-state index in [1.807, 2.05) is 17.0 Å². The van der Waals surface area contributed by atoms with Crippen molar-refractivity contribution in [2.75, 3.05) is 53.5 Å². The molecule has 0 bridgehead atoms. The van der Waals surface area contributed by atoms with E-state index in [-0.39, 0.29) is 5.91 Å². The molecule has 1 aromatic rings. The number of nitrogens with zero attached hydrogens (tertiary/aromatic N) is 3. The van der Waals surface area contributed by atoms with Gasteiger partial charge in [0.05, 0.1) is 14.2 Å². The summed E-state index contributed by atoms with van der Waals surface area (Å²) in [5.41, 5.74) is 1.21. The van der Waals surface area contributed by atoms with E-state index in [1.54, 1.807) is 21.1 Å². The number of methoxy groups -OCH3 is 2. The number of carbonyl (C=O) groups is 1. The Hall–Kier alpha value is -2.44. The second-order valence-electron chi connectivity index (χ2n) is 6.52. The van der Waals surface area contributed by atoms with E-state index in [9.17, 15) is 4.79 Å². The first kappa shape index (κ1) is 20.9. The van der Waals surface area contributed by atoms with Gasteiger partial charge in [0.15, 0.2) is 17.5 Å². The van der Waals surface area contributed by atoms with Crippen molar-refractivity contribution in [3.05, 3.63) is 23.8 Å². The van der Waals surface area contributed by atoms with Gasteiger partial charge >= 0.3 is 0 Å². The van der Waals surface area contributed by atoms with Gasteiger partial charge in [-0.25, -0.2) is 0 Å². The highest BCUT2D eigenvalue weighted by Crippen LogP contribution is 2.27. The van der Waals surface area contributed by atoms with Crippen molar-refractivity contribution >= 4 is 11.9 Å². The van der Waals surface area contributed by atoms with Gasteiger partial charge in [-0.1, -0.05) is 6.07 Å². The minimum absolute atomic E-state index is 0.145. The number of piperazine rings is 1. The smallest absolute Gasteiger partial charge is 0.219 e. The number of hydrogen-bond acceptors (Lipinski definition) is 4. The largest absolute Gasteiger partial charge is 0.493 e.